The number of hydrogen-bond donors (Lipinski definition) is 0. The Hall–Kier alpha value is -1.38. The predicted octanol–water partition coefficient (Wildman–Crippen LogP) is 2.81. The molecule has 0 aliphatic heterocycles. The van der Waals surface area contributed by atoms with E-state index in [-0.39, 0.29) is 5.82 Å². The summed E-state index contributed by atoms with van der Waals surface area (Å²) in [5.41, 5.74) is 1.82. The van der Waals surface area contributed by atoms with Crippen LogP contribution < -0.4 is 0 Å². The Labute approximate surface area is 77.0 Å². The third-order valence-corrected chi connectivity index (χ3v) is 1.55. The van der Waals surface area contributed by atoms with Crippen LogP contribution in [0.5, 0.6) is 0 Å². The molecule has 0 radical (unpaired) electrons. The number of hydrogen-bond acceptors (Lipinski definition) is 1. The first kappa shape index (κ1) is 9.71. The van der Waals surface area contributed by atoms with Crippen molar-refractivity contribution < 1.29 is 4.39 Å². The summed E-state index contributed by atoms with van der Waals surface area (Å²) in [6.07, 6.45) is 1.36. The summed E-state index contributed by atoms with van der Waals surface area (Å²) in [5.74, 6) is -0.263. The van der Waals surface area contributed by atoms with Gasteiger partial charge in [0.05, 0.1) is 17.4 Å². The molecule has 0 amide bonds. The fraction of sp³-hybridized carbons (Fsp3) is 0.300. The maximum absolute atomic E-state index is 12.6. The molecular formula is C10H13FN2. The Morgan fingerprint density at radius 1 is 1.31 bits per heavy atom. The van der Waals surface area contributed by atoms with Crippen molar-refractivity contribution in [1.29, 1.82) is 0 Å². The quantitative estimate of drug-likeness (QED) is 0.609. The summed E-state index contributed by atoms with van der Waals surface area (Å²) in [6.45, 7) is 5.88. The Balaban J connectivity index is 0.000000396. The predicted molar refractivity (Wildman–Crippen MR) is 51.2 cm³/mol. The Kier molecular flexibility index (Phi) is 3.01. The minimum atomic E-state index is -0.263. The summed E-state index contributed by atoms with van der Waals surface area (Å²) < 4.78 is 14.1. The zero-order valence-electron chi connectivity index (χ0n) is 8.08. The summed E-state index contributed by atoms with van der Waals surface area (Å²) in [7, 11) is 0. The molecule has 0 saturated heterocycles. The molecule has 0 aliphatic carbocycles. The van der Waals surface area contributed by atoms with Gasteiger partial charge in [-0.15, -0.1) is 0 Å². The Morgan fingerprint density at radius 2 is 2.00 bits per heavy atom. The maximum Gasteiger partial charge on any atom is 0.141 e. The normalized spacial score (nSPS) is 9.54. The van der Waals surface area contributed by atoms with Gasteiger partial charge in [0.15, 0.2) is 0 Å². The first-order valence-electron chi connectivity index (χ1n) is 4.37. The molecule has 0 aliphatic rings. The Bertz CT molecular complexity index is 393. The maximum atomic E-state index is 12.6. The molecule has 2 aromatic rings. The van der Waals surface area contributed by atoms with Crippen molar-refractivity contribution in [2.75, 3.05) is 0 Å². The Morgan fingerprint density at radius 3 is 2.69 bits per heavy atom. The van der Waals surface area contributed by atoms with Crippen molar-refractivity contribution in [3.8, 4) is 0 Å². The number of pyridine rings is 1. The molecule has 0 aromatic carbocycles. The molecule has 2 nitrogen and oxygen atoms in total. The number of nitrogens with zero attached hydrogens (tertiary/aromatic N) is 2. The summed E-state index contributed by atoms with van der Waals surface area (Å²) in [6, 6.07) is 5.03. The molecule has 70 valence electrons. The van der Waals surface area contributed by atoms with Crippen LogP contribution in [0.25, 0.3) is 5.52 Å². The smallest absolute Gasteiger partial charge is 0.141 e. The van der Waals surface area contributed by atoms with Crippen molar-refractivity contribution in [2.24, 2.45) is 0 Å². The largest absolute Gasteiger partial charge is 0.238 e. The van der Waals surface area contributed by atoms with Gasteiger partial charge in [0.25, 0.3) is 0 Å². The fourth-order valence-corrected chi connectivity index (χ4v) is 1.09. The molecule has 0 spiro atoms. The van der Waals surface area contributed by atoms with Crippen LogP contribution in [0.15, 0.2) is 24.4 Å². The number of fused-ring (bicyclic) bond motifs is 1. The van der Waals surface area contributed by atoms with E-state index < -0.39 is 0 Å². The molecule has 0 fully saturated rings. The average molecular weight is 180 g/mol. The first-order valence-corrected chi connectivity index (χ1v) is 4.37. The van der Waals surface area contributed by atoms with Gasteiger partial charge in [0.2, 0.25) is 0 Å². The van der Waals surface area contributed by atoms with Crippen molar-refractivity contribution in [2.45, 2.75) is 20.8 Å². The van der Waals surface area contributed by atoms with Crippen LogP contribution in [-0.2, 0) is 0 Å². The monoisotopic (exact) mass is 180 g/mol. The van der Waals surface area contributed by atoms with Gasteiger partial charge in [-0.3, -0.25) is 0 Å². The number of halogens is 1. The van der Waals surface area contributed by atoms with Crippen LogP contribution in [0.1, 0.15) is 19.5 Å². The lowest BCUT2D eigenvalue weighted by atomic mass is 10.4. The van der Waals surface area contributed by atoms with E-state index in [9.17, 15) is 4.39 Å². The lowest BCUT2D eigenvalue weighted by Crippen LogP contribution is -1.87. The number of aromatic nitrogens is 2. The van der Waals surface area contributed by atoms with Gasteiger partial charge in [-0.1, -0.05) is 13.8 Å². The van der Waals surface area contributed by atoms with Gasteiger partial charge >= 0.3 is 0 Å². The third kappa shape index (κ3) is 2.05. The highest BCUT2D eigenvalue weighted by atomic mass is 19.1. The average Bonchev–Trinajstić information content (AvgIpc) is 2.48. The van der Waals surface area contributed by atoms with Gasteiger partial charge in [-0.05, 0) is 25.1 Å². The number of aryl methyl sites for hydroxylation is 1. The lowest BCUT2D eigenvalue weighted by Gasteiger charge is -1.90. The minimum absolute atomic E-state index is 0.263. The van der Waals surface area contributed by atoms with E-state index in [0.29, 0.717) is 0 Å². The standard InChI is InChI=1S/C8H7FN2.C2H6/c1-6-4-8-3-2-7(9)5-11(8)10-6;1-2/h2-5H,1H3;1-2H3. The van der Waals surface area contributed by atoms with Crippen molar-refractivity contribution in [3.05, 3.63) is 35.9 Å². The van der Waals surface area contributed by atoms with Crippen LogP contribution in [0.3, 0.4) is 0 Å². The van der Waals surface area contributed by atoms with Crippen LogP contribution in [0.4, 0.5) is 4.39 Å². The molecule has 13 heavy (non-hydrogen) atoms. The van der Waals surface area contributed by atoms with Crippen molar-refractivity contribution in [1.82, 2.24) is 9.61 Å². The molecule has 0 bridgehead atoms. The van der Waals surface area contributed by atoms with E-state index in [1.54, 1.807) is 6.07 Å². The molecule has 0 N–H and O–H groups in total. The van der Waals surface area contributed by atoms with Gasteiger partial charge in [-0.2, -0.15) is 5.10 Å². The highest BCUT2D eigenvalue weighted by molar-refractivity contribution is 5.46. The zero-order chi connectivity index (χ0) is 9.84. The van der Waals surface area contributed by atoms with E-state index >= 15 is 0 Å². The molecule has 2 rings (SSSR count). The van der Waals surface area contributed by atoms with Gasteiger partial charge in [0.1, 0.15) is 5.82 Å². The second-order valence-corrected chi connectivity index (χ2v) is 2.50. The second kappa shape index (κ2) is 4.03. The third-order valence-electron chi connectivity index (χ3n) is 1.55. The van der Waals surface area contributed by atoms with Gasteiger partial charge in [-0.25, -0.2) is 8.91 Å². The highest BCUT2D eigenvalue weighted by Crippen LogP contribution is 2.06. The van der Waals surface area contributed by atoms with Crippen molar-refractivity contribution >= 4 is 5.52 Å². The fourth-order valence-electron chi connectivity index (χ4n) is 1.09. The summed E-state index contributed by atoms with van der Waals surface area (Å²) in [4.78, 5) is 0. The molecule has 2 aromatic heterocycles. The topological polar surface area (TPSA) is 17.3 Å². The minimum Gasteiger partial charge on any atom is -0.238 e. The molecular weight excluding hydrogens is 167 g/mol. The van der Waals surface area contributed by atoms with Crippen LogP contribution in [-0.4, -0.2) is 9.61 Å². The molecule has 0 saturated carbocycles. The molecule has 0 unspecified atom stereocenters. The lowest BCUT2D eigenvalue weighted by molar-refractivity contribution is 0.614. The van der Waals surface area contributed by atoms with Crippen LogP contribution >= 0.6 is 0 Å². The SMILES string of the molecule is CC.Cc1cc2ccc(F)cn2n1. The van der Waals surface area contributed by atoms with E-state index in [1.165, 1.54) is 16.8 Å². The van der Waals surface area contributed by atoms with Gasteiger partial charge in [0, 0.05) is 0 Å². The summed E-state index contributed by atoms with van der Waals surface area (Å²) in [5, 5.41) is 4.05. The van der Waals surface area contributed by atoms with E-state index in [2.05, 4.69) is 5.10 Å². The van der Waals surface area contributed by atoms with Gasteiger partial charge < -0.3 is 0 Å². The van der Waals surface area contributed by atoms with E-state index in [4.69, 9.17) is 0 Å². The number of rotatable bonds is 0. The second-order valence-electron chi connectivity index (χ2n) is 2.50. The highest BCUT2D eigenvalue weighted by Gasteiger charge is 1.96. The van der Waals surface area contributed by atoms with Crippen molar-refractivity contribution in [3.63, 3.8) is 0 Å². The summed E-state index contributed by atoms with van der Waals surface area (Å²) >= 11 is 0. The first-order chi connectivity index (χ1) is 6.25. The van der Waals surface area contributed by atoms with Crippen LogP contribution in [0.2, 0.25) is 0 Å². The zero-order valence-corrected chi connectivity index (χ0v) is 8.08. The molecule has 0 atom stereocenters. The van der Waals surface area contributed by atoms with Crippen LogP contribution in [0, 0.1) is 12.7 Å². The molecule has 2 heterocycles. The van der Waals surface area contributed by atoms with E-state index in [0.717, 1.165) is 11.2 Å². The van der Waals surface area contributed by atoms with E-state index in [1.807, 2.05) is 26.8 Å². The molecule has 3 heteroatoms.